The molecule has 0 aromatic heterocycles. The van der Waals surface area contributed by atoms with Crippen LogP contribution >= 0.6 is 0 Å². The van der Waals surface area contributed by atoms with E-state index in [1.54, 1.807) is 24.3 Å². The van der Waals surface area contributed by atoms with E-state index in [0.717, 1.165) is 38.5 Å². The molecule has 1 aromatic carbocycles. The fourth-order valence-electron chi connectivity index (χ4n) is 3.58. The van der Waals surface area contributed by atoms with Crippen molar-refractivity contribution >= 4 is 17.8 Å². The van der Waals surface area contributed by atoms with Crippen LogP contribution in [0.25, 0.3) is 0 Å². The third kappa shape index (κ3) is 19.4. The Labute approximate surface area is 240 Å². The lowest BCUT2D eigenvalue weighted by atomic mass is 10.1. The molecule has 1 aromatic rings. The molecule has 0 aliphatic heterocycles. The molecule has 0 unspecified atom stereocenters. The number of rotatable bonds is 21. The maximum Gasteiger partial charge on any atom is 0.341 e. The number of allylic oxidation sites excluding steroid dienone is 10. The topological polar surface area (TPSA) is 81.7 Å². The monoisotopic (exact) mass is 549 g/mol. The van der Waals surface area contributed by atoms with Crippen molar-refractivity contribution < 1.29 is 23.9 Å². The van der Waals surface area contributed by atoms with Crippen LogP contribution in [0.3, 0.4) is 0 Å². The van der Waals surface area contributed by atoms with Gasteiger partial charge in [-0.25, -0.2) is 4.79 Å². The highest BCUT2D eigenvalue weighted by Crippen LogP contribution is 2.19. The van der Waals surface area contributed by atoms with Crippen LogP contribution in [-0.4, -0.2) is 31.0 Å². The number of carbonyl (C=O) groups excluding carboxylic acids is 3. The first-order chi connectivity index (χ1) is 19.5. The van der Waals surface area contributed by atoms with Gasteiger partial charge < -0.3 is 14.8 Å². The maximum atomic E-state index is 12.2. The predicted octanol–water partition coefficient (Wildman–Crippen LogP) is 7.98. The molecule has 40 heavy (non-hydrogen) atoms. The lowest BCUT2D eigenvalue weighted by Gasteiger charge is -2.09. The fraction of sp³-hybridized carbons (Fsp3) is 0.441. The molecule has 0 atom stereocenters. The number of hydrogen-bond acceptors (Lipinski definition) is 5. The van der Waals surface area contributed by atoms with E-state index >= 15 is 0 Å². The molecule has 218 valence electrons. The van der Waals surface area contributed by atoms with E-state index in [1.807, 2.05) is 6.08 Å². The predicted molar refractivity (Wildman–Crippen MR) is 163 cm³/mol. The Kier molecular flexibility index (Phi) is 20.9. The zero-order valence-corrected chi connectivity index (χ0v) is 24.3. The van der Waals surface area contributed by atoms with Crippen LogP contribution in [0.2, 0.25) is 0 Å². The maximum absolute atomic E-state index is 12.2. The van der Waals surface area contributed by atoms with E-state index in [0.29, 0.717) is 25.8 Å². The molecule has 0 aliphatic carbocycles. The second kappa shape index (κ2) is 24.4. The van der Waals surface area contributed by atoms with Crippen LogP contribution in [0, 0.1) is 0 Å². The average molecular weight is 550 g/mol. The molecule has 0 saturated heterocycles. The molecular formula is C34H47NO5. The van der Waals surface area contributed by atoms with Crippen molar-refractivity contribution in [2.45, 2.75) is 84.5 Å². The number of para-hydroxylation sites is 1. The summed E-state index contributed by atoms with van der Waals surface area (Å²) in [7, 11) is 0. The van der Waals surface area contributed by atoms with E-state index in [9.17, 15) is 14.4 Å². The molecule has 0 bridgehead atoms. The second-order valence-corrected chi connectivity index (χ2v) is 9.22. The molecule has 6 nitrogen and oxygen atoms in total. The van der Waals surface area contributed by atoms with Gasteiger partial charge in [-0.3, -0.25) is 9.59 Å². The molecule has 1 N–H and O–H groups in total. The Balaban J connectivity index is 2.00. The summed E-state index contributed by atoms with van der Waals surface area (Å²) in [5.74, 6) is -0.925. The van der Waals surface area contributed by atoms with Crippen LogP contribution in [0.5, 0.6) is 5.75 Å². The highest BCUT2D eigenvalue weighted by Gasteiger charge is 2.14. The number of ether oxygens (including phenoxy) is 2. The van der Waals surface area contributed by atoms with Crippen molar-refractivity contribution in [3.63, 3.8) is 0 Å². The lowest BCUT2D eigenvalue weighted by molar-refractivity contribution is -0.131. The molecule has 1 rings (SSSR count). The SMILES string of the molecule is CCC=CCC=CCC=CCCCCC=CCC=CCCC(=O)NCCCOC(=O)c1ccccc1OC(C)=O. The summed E-state index contributed by atoms with van der Waals surface area (Å²) < 4.78 is 10.3. The number of benzene rings is 1. The highest BCUT2D eigenvalue weighted by molar-refractivity contribution is 5.93. The summed E-state index contributed by atoms with van der Waals surface area (Å²) in [4.78, 5) is 35.4. The number of hydrogen-bond donors (Lipinski definition) is 1. The second-order valence-electron chi connectivity index (χ2n) is 9.22. The summed E-state index contributed by atoms with van der Waals surface area (Å²) in [5.41, 5.74) is 0.196. The van der Waals surface area contributed by atoms with Gasteiger partial charge in [-0.15, -0.1) is 0 Å². The number of amides is 1. The van der Waals surface area contributed by atoms with Gasteiger partial charge >= 0.3 is 11.9 Å². The van der Waals surface area contributed by atoms with Crippen LogP contribution in [0.1, 0.15) is 94.8 Å². The Morgan fingerprint density at radius 2 is 1.32 bits per heavy atom. The Hall–Kier alpha value is -3.67. The summed E-state index contributed by atoms with van der Waals surface area (Å²) >= 11 is 0. The van der Waals surface area contributed by atoms with E-state index in [1.165, 1.54) is 19.8 Å². The smallest absolute Gasteiger partial charge is 0.341 e. The van der Waals surface area contributed by atoms with E-state index < -0.39 is 11.9 Å². The molecule has 1 amide bonds. The van der Waals surface area contributed by atoms with E-state index in [2.05, 4.69) is 66.9 Å². The molecule has 0 spiro atoms. The van der Waals surface area contributed by atoms with Crippen molar-refractivity contribution in [1.29, 1.82) is 0 Å². The standard InChI is InChI=1S/C34H47NO5/c1-3-4-5-6-7-8-9-10-11-12-13-14-15-16-17-18-19-20-21-27-33(37)35-28-24-29-39-34(38)31-25-22-23-26-32(31)40-30(2)36/h4-5,7-8,10-11,16-17,19-20,22-23,25-26H,3,6,9,12-15,18,21,24,27-29H2,1-2H3,(H,35,37). The highest BCUT2D eigenvalue weighted by atomic mass is 16.5. The van der Waals surface area contributed by atoms with Crippen LogP contribution in [-0.2, 0) is 14.3 Å². The van der Waals surface area contributed by atoms with Gasteiger partial charge in [0.1, 0.15) is 11.3 Å². The minimum absolute atomic E-state index is 0.0269. The van der Waals surface area contributed by atoms with Gasteiger partial charge in [0.2, 0.25) is 5.91 Å². The van der Waals surface area contributed by atoms with Gasteiger partial charge in [0, 0.05) is 19.9 Å². The molecule has 6 heteroatoms. The van der Waals surface area contributed by atoms with Gasteiger partial charge in [-0.05, 0) is 76.3 Å². The lowest BCUT2D eigenvalue weighted by Crippen LogP contribution is -2.25. The van der Waals surface area contributed by atoms with Crippen molar-refractivity contribution in [3.8, 4) is 5.75 Å². The molecule has 0 radical (unpaired) electrons. The minimum Gasteiger partial charge on any atom is -0.462 e. The normalized spacial score (nSPS) is 11.8. The first kappa shape index (κ1) is 34.4. The quantitative estimate of drug-likeness (QED) is 0.0728. The Morgan fingerprint density at radius 3 is 1.95 bits per heavy atom. The summed E-state index contributed by atoms with van der Waals surface area (Å²) in [5, 5.41) is 2.83. The minimum atomic E-state index is -0.565. The molecule has 0 fully saturated rings. The summed E-state index contributed by atoms with van der Waals surface area (Å²) in [6.07, 6.45) is 32.2. The van der Waals surface area contributed by atoms with Crippen LogP contribution in [0.15, 0.2) is 85.0 Å². The average Bonchev–Trinajstić information content (AvgIpc) is 2.94. The fourth-order valence-corrected chi connectivity index (χ4v) is 3.58. The summed E-state index contributed by atoms with van der Waals surface area (Å²) in [6, 6.07) is 6.43. The third-order valence-electron chi connectivity index (χ3n) is 5.65. The van der Waals surface area contributed by atoms with Gasteiger partial charge in [-0.1, -0.05) is 79.8 Å². The van der Waals surface area contributed by atoms with E-state index in [4.69, 9.17) is 9.47 Å². The van der Waals surface area contributed by atoms with Gasteiger partial charge in [0.15, 0.2) is 0 Å². The zero-order valence-electron chi connectivity index (χ0n) is 24.3. The zero-order chi connectivity index (χ0) is 29.1. The van der Waals surface area contributed by atoms with Crippen molar-refractivity contribution in [2.24, 2.45) is 0 Å². The van der Waals surface area contributed by atoms with Gasteiger partial charge in [0.25, 0.3) is 0 Å². The number of esters is 2. The van der Waals surface area contributed by atoms with Gasteiger partial charge in [0.05, 0.1) is 6.61 Å². The summed E-state index contributed by atoms with van der Waals surface area (Å²) in [6.45, 7) is 4.01. The molecule has 0 aliphatic rings. The first-order valence-electron chi connectivity index (χ1n) is 14.5. The molecule has 0 heterocycles. The number of nitrogens with one attached hydrogen (secondary N) is 1. The number of carbonyl (C=O) groups is 3. The largest absolute Gasteiger partial charge is 0.462 e. The Morgan fingerprint density at radius 1 is 0.750 bits per heavy atom. The van der Waals surface area contributed by atoms with Crippen molar-refractivity contribution in [1.82, 2.24) is 5.32 Å². The van der Waals surface area contributed by atoms with Crippen molar-refractivity contribution in [3.05, 3.63) is 90.6 Å². The first-order valence-corrected chi connectivity index (χ1v) is 14.5. The van der Waals surface area contributed by atoms with Crippen LogP contribution in [0.4, 0.5) is 0 Å². The Bertz CT molecular complexity index is 1000. The van der Waals surface area contributed by atoms with Crippen molar-refractivity contribution in [2.75, 3.05) is 13.2 Å². The van der Waals surface area contributed by atoms with Gasteiger partial charge in [-0.2, -0.15) is 0 Å². The third-order valence-corrected chi connectivity index (χ3v) is 5.65. The molecule has 0 saturated carbocycles. The molecular weight excluding hydrogens is 502 g/mol. The van der Waals surface area contributed by atoms with E-state index in [-0.39, 0.29) is 23.8 Å². The van der Waals surface area contributed by atoms with Crippen LogP contribution < -0.4 is 10.1 Å². The number of unbranched alkanes of at least 4 members (excludes halogenated alkanes) is 3.